The lowest BCUT2D eigenvalue weighted by molar-refractivity contribution is 0.368. The molecule has 0 aliphatic rings. The lowest BCUT2D eigenvalue weighted by Gasteiger charge is -2.08. The third kappa shape index (κ3) is 2.13. The van der Waals surface area contributed by atoms with Gasteiger partial charge in [0.25, 0.3) is 0 Å². The number of rotatable bonds is 1. The minimum atomic E-state index is -0.746. The molecule has 1 heterocycles. The maximum absolute atomic E-state index is 12.1. The molecule has 0 bridgehead atoms. The first kappa shape index (κ1) is 14.4. The first-order chi connectivity index (χ1) is 10.8. The van der Waals surface area contributed by atoms with E-state index in [2.05, 4.69) is 0 Å². The van der Waals surface area contributed by atoms with Gasteiger partial charge >= 0.3 is 0 Å². The third-order valence-corrected chi connectivity index (χ3v) is 3.29. The highest BCUT2D eigenvalue weighted by molar-refractivity contribution is 5.91. The van der Waals surface area contributed by atoms with Crippen molar-refractivity contribution in [3.8, 4) is 45.8 Å². The maximum atomic E-state index is 12.1. The van der Waals surface area contributed by atoms with Gasteiger partial charge in [0, 0.05) is 17.7 Å². The SMILES string of the molecule is O=c1cc(-c2cc(O)c(O)c(O)c2)oc2c(O)c(O)cc(O)c12. The van der Waals surface area contributed by atoms with Crippen LogP contribution in [-0.4, -0.2) is 30.6 Å². The highest BCUT2D eigenvalue weighted by atomic mass is 16.4. The maximum Gasteiger partial charge on any atom is 0.202 e. The van der Waals surface area contributed by atoms with Crippen molar-refractivity contribution < 1.29 is 35.1 Å². The Morgan fingerprint density at radius 2 is 1.26 bits per heavy atom. The van der Waals surface area contributed by atoms with Gasteiger partial charge in [0.1, 0.15) is 16.9 Å². The minimum Gasteiger partial charge on any atom is -0.507 e. The Kier molecular flexibility index (Phi) is 2.96. The van der Waals surface area contributed by atoms with Gasteiger partial charge in [-0.25, -0.2) is 0 Å². The second kappa shape index (κ2) is 4.73. The Bertz CT molecular complexity index is 980. The van der Waals surface area contributed by atoms with Crippen molar-refractivity contribution in [2.24, 2.45) is 0 Å². The van der Waals surface area contributed by atoms with Gasteiger partial charge < -0.3 is 35.1 Å². The molecule has 8 heteroatoms. The predicted octanol–water partition coefficient (Wildman–Crippen LogP) is 1.69. The Hall–Kier alpha value is -3.55. The quantitative estimate of drug-likeness (QED) is 0.293. The van der Waals surface area contributed by atoms with Gasteiger partial charge in [-0.3, -0.25) is 4.79 Å². The van der Waals surface area contributed by atoms with Crippen molar-refractivity contribution >= 4 is 11.0 Å². The van der Waals surface area contributed by atoms with Gasteiger partial charge in [-0.2, -0.15) is 0 Å². The molecular formula is C15H10O8. The Morgan fingerprint density at radius 1 is 0.696 bits per heavy atom. The molecule has 0 aliphatic carbocycles. The second-order valence-electron chi connectivity index (χ2n) is 4.81. The first-order valence-electron chi connectivity index (χ1n) is 6.26. The molecule has 6 N–H and O–H groups in total. The monoisotopic (exact) mass is 318 g/mol. The summed E-state index contributed by atoms with van der Waals surface area (Å²) >= 11 is 0. The summed E-state index contributed by atoms with van der Waals surface area (Å²) in [6.45, 7) is 0. The molecule has 0 unspecified atom stereocenters. The Balaban J connectivity index is 2.37. The molecule has 0 spiro atoms. The summed E-state index contributed by atoms with van der Waals surface area (Å²) in [7, 11) is 0. The van der Waals surface area contributed by atoms with Crippen molar-refractivity contribution in [2.45, 2.75) is 0 Å². The van der Waals surface area contributed by atoms with Crippen LogP contribution in [0.5, 0.6) is 34.5 Å². The van der Waals surface area contributed by atoms with Crippen LogP contribution in [0.15, 0.2) is 33.5 Å². The molecule has 0 amide bonds. The van der Waals surface area contributed by atoms with E-state index in [0.717, 1.165) is 24.3 Å². The van der Waals surface area contributed by atoms with Crippen LogP contribution in [-0.2, 0) is 0 Å². The molecule has 0 atom stereocenters. The minimum absolute atomic E-state index is 0.0269. The fourth-order valence-electron chi connectivity index (χ4n) is 2.18. The van der Waals surface area contributed by atoms with Crippen molar-refractivity contribution in [1.29, 1.82) is 0 Å². The van der Waals surface area contributed by atoms with Crippen LogP contribution >= 0.6 is 0 Å². The number of hydrogen-bond donors (Lipinski definition) is 6. The van der Waals surface area contributed by atoms with Gasteiger partial charge in [0.15, 0.2) is 34.0 Å². The molecule has 23 heavy (non-hydrogen) atoms. The first-order valence-corrected chi connectivity index (χ1v) is 6.26. The van der Waals surface area contributed by atoms with Crippen molar-refractivity contribution in [1.82, 2.24) is 0 Å². The zero-order chi connectivity index (χ0) is 16.9. The Morgan fingerprint density at radius 3 is 1.87 bits per heavy atom. The molecule has 118 valence electrons. The van der Waals surface area contributed by atoms with E-state index < -0.39 is 45.5 Å². The van der Waals surface area contributed by atoms with E-state index in [4.69, 9.17) is 4.42 Å². The van der Waals surface area contributed by atoms with E-state index in [0.29, 0.717) is 0 Å². The van der Waals surface area contributed by atoms with Crippen LogP contribution in [0.2, 0.25) is 0 Å². The van der Waals surface area contributed by atoms with Gasteiger partial charge in [0.05, 0.1) is 0 Å². The van der Waals surface area contributed by atoms with Crippen LogP contribution in [0.25, 0.3) is 22.3 Å². The smallest absolute Gasteiger partial charge is 0.202 e. The van der Waals surface area contributed by atoms with Crippen molar-refractivity contribution in [3.63, 3.8) is 0 Å². The molecule has 1 aromatic heterocycles. The molecule has 0 saturated carbocycles. The third-order valence-electron chi connectivity index (χ3n) is 3.29. The molecule has 2 aromatic carbocycles. The number of benzene rings is 2. The number of phenols is 6. The predicted molar refractivity (Wildman–Crippen MR) is 77.9 cm³/mol. The fourth-order valence-corrected chi connectivity index (χ4v) is 2.18. The molecule has 3 rings (SSSR count). The number of fused-ring (bicyclic) bond motifs is 1. The summed E-state index contributed by atoms with van der Waals surface area (Å²) in [4.78, 5) is 12.1. The highest BCUT2D eigenvalue weighted by Crippen LogP contribution is 2.42. The van der Waals surface area contributed by atoms with Gasteiger partial charge in [-0.1, -0.05) is 0 Å². The number of aromatic hydroxyl groups is 6. The lowest BCUT2D eigenvalue weighted by Crippen LogP contribution is -2.01. The van der Waals surface area contributed by atoms with Crippen LogP contribution in [0, 0.1) is 0 Å². The van der Waals surface area contributed by atoms with E-state index in [1.807, 2.05) is 0 Å². The summed E-state index contributed by atoms with van der Waals surface area (Å²) in [6.07, 6.45) is 0. The van der Waals surface area contributed by atoms with Gasteiger partial charge in [0.2, 0.25) is 5.75 Å². The molecule has 3 aromatic rings. The van der Waals surface area contributed by atoms with E-state index in [1.165, 1.54) is 0 Å². The van der Waals surface area contributed by atoms with E-state index in [1.54, 1.807) is 0 Å². The lowest BCUT2D eigenvalue weighted by atomic mass is 10.1. The average molecular weight is 318 g/mol. The van der Waals surface area contributed by atoms with Gasteiger partial charge in [-0.05, 0) is 12.1 Å². The van der Waals surface area contributed by atoms with E-state index >= 15 is 0 Å². The van der Waals surface area contributed by atoms with Crippen LogP contribution in [0.3, 0.4) is 0 Å². The zero-order valence-corrected chi connectivity index (χ0v) is 11.3. The number of hydrogen-bond acceptors (Lipinski definition) is 8. The van der Waals surface area contributed by atoms with E-state index in [9.17, 15) is 35.4 Å². The van der Waals surface area contributed by atoms with E-state index in [-0.39, 0.29) is 16.7 Å². The molecule has 0 fully saturated rings. The largest absolute Gasteiger partial charge is 0.507 e. The van der Waals surface area contributed by atoms with Crippen LogP contribution in [0.4, 0.5) is 0 Å². The van der Waals surface area contributed by atoms with Crippen molar-refractivity contribution in [3.05, 3.63) is 34.5 Å². The average Bonchev–Trinajstić information content (AvgIpc) is 2.49. The summed E-state index contributed by atoms with van der Waals surface area (Å²) < 4.78 is 5.30. The van der Waals surface area contributed by atoms with Crippen molar-refractivity contribution in [2.75, 3.05) is 0 Å². The summed E-state index contributed by atoms with van der Waals surface area (Å²) in [5, 5.41) is 57.0. The highest BCUT2D eigenvalue weighted by Gasteiger charge is 2.19. The summed E-state index contributed by atoms with van der Waals surface area (Å²) in [6, 6.07) is 3.81. The number of phenolic OH excluding ortho intramolecular Hbond substituents is 6. The molecular weight excluding hydrogens is 308 g/mol. The molecule has 0 saturated heterocycles. The normalized spacial score (nSPS) is 11.0. The summed E-state index contributed by atoms with van der Waals surface area (Å²) in [5.74, 6) is -4.22. The summed E-state index contributed by atoms with van der Waals surface area (Å²) in [5.41, 5.74) is -1.16. The molecule has 0 aliphatic heterocycles. The topological polar surface area (TPSA) is 152 Å². The molecule has 8 nitrogen and oxygen atoms in total. The van der Waals surface area contributed by atoms with Crippen LogP contribution < -0.4 is 5.43 Å². The fraction of sp³-hybridized carbons (Fsp3) is 0. The second-order valence-corrected chi connectivity index (χ2v) is 4.81. The van der Waals surface area contributed by atoms with Crippen LogP contribution in [0.1, 0.15) is 0 Å². The molecule has 0 radical (unpaired) electrons. The van der Waals surface area contributed by atoms with Gasteiger partial charge in [-0.15, -0.1) is 0 Å². The Labute approximate surface area is 127 Å². The standard InChI is InChI=1S/C15H10O8/c16-6-3-10(20)14(22)15-12(6)7(17)4-11(23-15)5-1-8(18)13(21)9(19)2-5/h1-4,16,18-22H. The zero-order valence-electron chi connectivity index (χ0n) is 11.3.